The average Bonchev–Trinajstić information content (AvgIpc) is 1.14. The van der Waals surface area contributed by atoms with E-state index in [1.54, 1.807) is 0 Å². The maximum absolute atomic E-state index is 8.29. The van der Waals surface area contributed by atoms with Gasteiger partial charge in [0.1, 0.15) is 23.0 Å². The molecule has 0 bridgehead atoms. The van der Waals surface area contributed by atoms with Crippen LogP contribution < -0.4 is 52.1 Å². The predicted octanol–water partition coefficient (Wildman–Crippen LogP) is 24.2. The fraction of sp³-hybridized carbons (Fsp3) is 0.0377. The maximum atomic E-state index is 8.29. The van der Waals surface area contributed by atoms with Gasteiger partial charge in [0.2, 0.25) is 0 Å². The molecule has 530 valence electrons. The molecule has 22 rings (SSSR count). The van der Waals surface area contributed by atoms with Crippen LogP contribution in [0.2, 0.25) is 0 Å². The Morgan fingerprint density at radius 3 is 1.21 bits per heavy atom. The number of hydrogen-bond acceptors (Lipinski definition) is 4. The molecule has 1 aromatic heterocycles. The molecule has 0 unspecified atom stereocenters. The van der Waals surface area contributed by atoms with E-state index in [9.17, 15) is 0 Å². The largest absolute Gasteiger partial charge is 0.459 e. The molecular formula is C106H73B2N3O2. The first-order chi connectivity index (χ1) is 55.7. The molecule has 5 heterocycles. The molecule has 113 heavy (non-hydrogen) atoms. The first-order valence-corrected chi connectivity index (χ1v) is 39.3. The van der Waals surface area contributed by atoms with Gasteiger partial charge in [-0.25, -0.2) is 0 Å². The average molecular weight is 1440 g/mol. The molecule has 0 amide bonds. The molecule has 0 spiro atoms. The van der Waals surface area contributed by atoms with Gasteiger partial charge in [-0.1, -0.05) is 354 Å². The number of nitrogens with zero attached hydrogens (tertiary/aromatic N) is 3. The molecule has 7 heteroatoms. The number of anilines is 6. The molecule has 4 aliphatic rings. The summed E-state index contributed by atoms with van der Waals surface area (Å²) in [5.41, 5.74) is 34.6. The highest BCUT2D eigenvalue weighted by molar-refractivity contribution is 7.03. The molecule has 17 aromatic carbocycles. The normalized spacial score (nSPS) is 12.8. The minimum absolute atomic E-state index is 0.338. The third kappa shape index (κ3) is 10.6. The number of benzene rings is 17. The van der Waals surface area contributed by atoms with Gasteiger partial charge in [0.15, 0.2) is 0 Å². The van der Waals surface area contributed by atoms with Gasteiger partial charge in [0.25, 0.3) is 13.4 Å². The van der Waals surface area contributed by atoms with Crippen LogP contribution in [0, 0.1) is 0 Å². The summed E-state index contributed by atoms with van der Waals surface area (Å²) in [6.07, 6.45) is 0. The highest BCUT2D eigenvalue weighted by atomic mass is 16.5. The van der Waals surface area contributed by atoms with Crippen molar-refractivity contribution in [3.63, 3.8) is 0 Å². The van der Waals surface area contributed by atoms with Gasteiger partial charge in [0.05, 0.1) is 22.4 Å². The lowest BCUT2D eigenvalue weighted by Crippen LogP contribution is -2.65. The van der Waals surface area contributed by atoms with Crippen molar-refractivity contribution in [2.45, 2.75) is 26.2 Å². The number of hydrogen-bond donors (Lipinski definition) is 0. The first-order valence-electron chi connectivity index (χ1n) is 39.3. The zero-order valence-electron chi connectivity index (χ0n) is 62.8. The van der Waals surface area contributed by atoms with Crippen molar-refractivity contribution in [1.29, 1.82) is 0 Å². The molecule has 0 saturated heterocycles. The van der Waals surface area contributed by atoms with Crippen LogP contribution in [0.1, 0.15) is 26.3 Å². The van der Waals surface area contributed by atoms with Gasteiger partial charge in [0, 0.05) is 78.6 Å². The molecule has 0 atom stereocenters. The second-order valence-electron chi connectivity index (χ2n) is 31.3. The van der Waals surface area contributed by atoms with Crippen LogP contribution >= 0.6 is 0 Å². The summed E-state index contributed by atoms with van der Waals surface area (Å²) < 4.78 is 18.9. The van der Waals surface area contributed by atoms with Crippen LogP contribution in [0.4, 0.5) is 34.1 Å². The van der Waals surface area contributed by atoms with Crippen LogP contribution in [0.5, 0.6) is 23.0 Å². The van der Waals surface area contributed by atoms with Crippen LogP contribution in [0.25, 0.3) is 117 Å². The van der Waals surface area contributed by atoms with E-state index in [-0.39, 0.29) is 12.1 Å². The molecule has 0 radical (unpaired) electrons. The third-order valence-electron chi connectivity index (χ3n) is 23.9. The monoisotopic (exact) mass is 1440 g/mol. The van der Waals surface area contributed by atoms with Crippen LogP contribution in [-0.2, 0) is 5.41 Å². The van der Waals surface area contributed by atoms with Crippen LogP contribution in [-0.4, -0.2) is 18.0 Å². The Hall–Kier alpha value is -14.1. The SMILES string of the molecule is CC(C)(C)c1cc2c3c(c1)N(c1c(-c4ccccc4)cccc1-c1ccccc1)c1cc4c5c(c1B3c1ccc(-n3c6ccccc6c6cc(-c7ccccc7)ccc63)cc1N2c1c(-c2ccccc2)cccc1-c1ccccc1)Oc1cc(-c2ccccc2)ccc1B5c1ccc(-c2ccccc2)c(-c2ccccc2)c1O4. The Morgan fingerprint density at radius 2 is 0.681 bits per heavy atom. The topological polar surface area (TPSA) is 29.9 Å². The second-order valence-corrected chi connectivity index (χ2v) is 31.3. The molecule has 5 nitrogen and oxygen atoms in total. The van der Waals surface area contributed by atoms with E-state index in [0.29, 0.717) is 0 Å². The summed E-state index contributed by atoms with van der Waals surface area (Å²) in [6, 6.07) is 144. The number of rotatable bonds is 11. The summed E-state index contributed by atoms with van der Waals surface area (Å²) >= 11 is 0. The molecule has 0 fully saturated rings. The minimum Gasteiger partial charge on any atom is -0.459 e. The van der Waals surface area contributed by atoms with Gasteiger partial charge in [-0.05, 0) is 148 Å². The van der Waals surface area contributed by atoms with Crippen molar-refractivity contribution in [2.75, 3.05) is 9.80 Å². The lowest BCUT2D eigenvalue weighted by Gasteiger charge is -2.48. The van der Waals surface area contributed by atoms with E-state index in [1.165, 1.54) is 27.5 Å². The Kier molecular flexibility index (Phi) is 15.3. The summed E-state index contributed by atoms with van der Waals surface area (Å²) in [4.78, 5) is 5.33. The zero-order valence-corrected chi connectivity index (χ0v) is 62.8. The Morgan fingerprint density at radius 1 is 0.257 bits per heavy atom. The number of ether oxygens (including phenoxy) is 2. The van der Waals surface area contributed by atoms with Gasteiger partial charge < -0.3 is 23.8 Å². The fourth-order valence-electron chi connectivity index (χ4n) is 18.7. The van der Waals surface area contributed by atoms with Crippen molar-refractivity contribution in [3.8, 4) is 118 Å². The van der Waals surface area contributed by atoms with Gasteiger partial charge >= 0.3 is 0 Å². The van der Waals surface area contributed by atoms with Gasteiger partial charge in [-0.15, -0.1) is 0 Å². The van der Waals surface area contributed by atoms with Crippen LogP contribution in [0.15, 0.2) is 388 Å². The van der Waals surface area contributed by atoms with Gasteiger partial charge in [-0.2, -0.15) is 0 Å². The summed E-state index contributed by atoms with van der Waals surface area (Å²) in [5, 5.41) is 2.38. The maximum Gasteiger partial charge on any atom is 0.260 e. The summed E-state index contributed by atoms with van der Waals surface area (Å²) in [5.74, 6) is 3.17. The van der Waals surface area contributed by atoms with E-state index < -0.39 is 6.71 Å². The van der Waals surface area contributed by atoms with Crippen LogP contribution in [0.3, 0.4) is 0 Å². The van der Waals surface area contributed by atoms with Crippen molar-refractivity contribution >= 4 is 102 Å². The summed E-state index contributed by atoms with van der Waals surface area (Å²) in [6.45, 7) is 6.33. The van der Waals surface area contributed by atoms with E-state index in [1.807, 2.05) is 0 Å². The molecule has 0 saturated carbocycles. The molecule has 4 aliphatic heterocycles. The number of fused-ring (bicyclic) bond motifs is 12. The number of para-hydroxylation sites is 3. The lowest BCUT2D eigenvalue weighted by atomic mass is 9.30. The predicted molar refractivity (Wildman–Crippen MR) is 475 cm³/mol. The number of aromatic nitrogens is 1. The van der Waals surface area contributed by atoms with E-state index in [2.05, 4.69) is 423 Å². The highest BCUT2D eigenvalue weighted by Crippen LogP contribution is 2.56. The smallest absolute Gasteiger partial charge is 0.260 e. The lowest BCUT2D eigenvalue weighted by molar-refractivity contribution is 0.468. The minimum atomic E-state index is -0.457. The van der Waals surface area contributed by atoms with E-state index in [4.69, 9.17) is 9.47 Å². The van der Waals surface area contributed by atoms with Gasteiger partial charge in [-0.3, -0.25) is 0 Å². The summed E-state index contributed by atoms with van der Waals surface area (Å²) in [7, 11) is 0. The standard InChI is InChI=1S/C106H73B2N3O2/c1-106(2,3)78-64-93-99-94(65-78)111(103-83(73-42-22-9-23-43-73)51-31-52-84(103)74-44-24-10-25-45-74)95-67-97-101-105(112-96-63-77(69-34-14-5-15-35-69)54-58-88(96)107(101)89-60-57-80(70-36-16-6-17-37-70)98(104(89)113-97)75-46-26-11-27-47-75)100(95)108(99)87-59-56-79(109-90-53-29-28-48-85(90)86-62-76(55-61-91(86)109)68-32-12-4-13-33-68)66-92(87)110(93)102-81(71-38-18-7-19-39-71)49-30-50-82(102)72-40-20-8-21-41-72/h4-67H,1-3H3. The molecule has 0 N–H and O–H groups in total. The Balaban J connectivity index is 0.913. The Labute approximate surface area is 659 Å². The zero-order chi connectivity index (χ0) is 75.0. The van der Waals surface area contributed by atoms with Crippen molar-refractivity contribution in [1.82, 2.24) is 4.57 Å². The fourth-order valence-corrected chi connectivity index (χ4v) is 18.7. The van der Waals surface area contributed by atoms with Crippen molar-refractivity contribution < 1.29 is 9.47 Å². The van der Waals surface area contributed by atoms with Crippen molar-refractivity contribution in [2.24, 2.45) is 0 Å². The third-order valence-corrected chi connectivity index (χ3v) is 23.9. The van der Waals surface area contributed by atoms with Crippen molar-refractivity contribution in [3.05, 3.63) is 394 Å². The first kappa shape index (κ1) is 65.9. The van der Waals surface area contributed by atoms with E-state index >= 15 is 0 Å². The van der Waals surface area contributed by atoms with E-state index in [0.717, 1.165) is 185 Å². The Bertz CT molecular complexity index is 6710. The molecular weight excluding hydrogens is 1370 g/mol. The highest BCUT2D eigenvalue weighted by Gasteiger charge is 2.52. The molecule has 0 aliphatic carbocycles. The quantitative estimate of drug-likeness (QED) is 0.121. The molecule has 18 aromatic rings. The second kappa shape index (κ2) is 26.3.